The van der Waals surface area contributed by atoms with Crippen molar-refractivity contribution in [1.82, 2.24) is 18.5 Å². The molecule has 3 aromatic rings. The number of carbonyl (C=O) groups is 1. The summed E-state index contributed by atoms with van der Waals surface area (Å²) in [5.74, 6) is 0.104. The van der Waals surface area contributed by atoms with Gasteiger partial charge >= 0.3 is 0 Å². The van der Waals surface area contributed by atoms with Crippen LogP contribution < -0.4 is 11.1 Å². The summed E-state index contributed by atoms with van der Waals surface area (Å²) in [7, 11) is 0. The second-order valence-corrected chi connectivity index (χ2v) is 7.31. The molecular formula is C16H13Cl2N7OS. The van der Waals surface area contributed by atoms with Gasteiger partial charge in [-0.3, -0.25) is 4.79 Å². The molecule has 11 heteroatoms. The van der Waals surface area contributed by atoms with Gasteiger partial charge in [0.15, 0.2) is 17.5 Å². The van der Waals surface area contributed by atoms with Gasteiger partial charge in [0.2, 0.25) is 5.91 Å². The average Bonchev–Trinajstić information content (AvgIpc) is 3.25. The number of fused-ring (bicyclic) bond motifs is 1. The van der Waals surface area contributed by atoms with Crippen LogP contribution in [0.1, 0.15) is 18.5 Å². The predicted octanol–water partition coefficient (Wildman–Crippen LogP) is 3.57. The first-order valence-electron chi connectivity index (χ1n) is 7.88. The van der Waals surface area contributed by atoms with Gasteiger partial charge in [0.05, 0.1) is 34.0 Å². The lowest BCUT2D eigenvalue weighted by molar-refractivity contribution is -0.118. The molecule has 1 amide bonds. The van der Waals surface area contributed by atoms with Gasteiger partial charge in [-0.2, -0.15) is 13.8 Å². The maximum Gasteiger partial charge on any atom is 0.236 e. The lowest BCUT2D eigenvalue weighted by Gasteiger charge is -2.31. The number of hydrogen-bond acceptors (Lipinski definition) is 7. The number of amides is 1. The predicted molar refractivity (Wildman–Crippen MR) is 106 cm³/mol. The highest BCUT2D eigenvalue weighted by molar-refractivity contribution is 6.99. The molecule has 0 bridgehead atoms. The summed E-state index contributed by atoms with van der Waals surface area (Å²) < 4.78 is 9.57. The van der Waals surface area contributed by atoms with Crippen LogP contribution >= 0.6 is 34.9 Å². The minimum atomic E-state index is -0.643. The molecule has 1 aliphatic heterocycles. The van der Waals surface area contributed by atoms with E-state index in [9.17, 15) is 4.79 Å². The standard InChI is InChI=1S/C16H13Cl2N7OS/c1-7-12(16(26)22-15-14(19)23-27-24-15)13(25-11(21-7)4-5-20-25)8-2-3-9(17)10(18)6-8/h2-6,12-13H,1H3,(H2,19,23)(H,22,24,26). The molecule has 3 N–H and O–H groups in total. The third kappa shape index (κ3) is 3.18. The number of hydrogen-bond donors (Lipinski definition) is 2. The smallest absolute Gasteiger partial charge is 0.236 e. The van der Waals surface area contributed by atoms with E-state index in [0.717, 1.165) is 17.3 Å². The van der Waals surface area contributed by atoms with Crippen molar-refractivity contribution in [2.24, 2.45) is 10.9 Å². The van der Waals surface area contributed by atoms with Crippen LogP contribution in [0.2, 0.25) is 10.0 Å². The summed E-state index contributed by atoms with van der Waals surface area (Å²) in [6.07, 6.45) is 1.64. The van der Waals surface area contributed by atoms with Crippen molar-refractivity contribution in [3.63, 3.8) is 0 Å². The van der Waals surface area contributed by atoms with E-state index >= 15 is 0 Å². The number of anilines is 2. The van der Waals surface area contributed by atoms with Crippen molar-refractivity contribution in [2.75, 3.05) is 11.1 Å². The molecule has 4 rings (SSSR count). The van der Waals surface area contributed by atoms with Crippen molar-refractivity contribution in [2.45, 2.75) is 13.0 Å². The summed E-state index contributed by atoms with van der Waals surface area (Å²) in [6.45, 7) is 1.80. The number of nitrogens with zero attached hydrogens (tertiary/aromatic N) is 5. The first kappa shape index (κ1) is 17.9. The average molecular weight is 422 g/mol. The summed E-state index contributed by atoms with van der Waals surface area (Å²) in [4.78, 5) is 17.6. The number of halogens is 2. The number of nitrogens with two attached hydrogens (primary N) is 1. The molecule has 1 aromatic carbocycles. The first-order valence-corrected chi connectivity index (χ1v) is 9.37. The highest BCUT2D eigenvalue weighted by Gasteiger charge is 2.38. The molecule has 3 heterocycles. The monoisotopic (exact) mass is 421 g/mol. The van der Waals surface area contributed by atoms with E-state index < -0.39 is 12.0 Å². The molecule has 2 aromatic heterocycles. The molecule has 2 unspecified atom stereocenters. The Morgan fingerprint density at radius 3 is 2.78 bits per heavy atom. The maximum atomic E-state index is 13.1. The van der Waals surface area contributed by atoms with Crippen LogP contribution in [0.4, 0.5) is 17.5 Å². The Hall–Kier alpha value is -2.49. The Morgan fingerprint density at radius 1 is 1.26 bits per heavy atom. The van der Waals surface area contributed by atoms with Crippen LogP contribution in [0, 0.1) is 5.92 Å². The number of rotatable bonds is 3. The Labute approximate surface area is 168 Å². The topological polar surface area (TPSA) is 111 Å². The number of benzene rings is 1. The normalized spacial score (nSPS) is 18.7. The molecule has 0 saturated heterocycles. The minimum Gasteiger partial charge on any atom is -0.380 e. The molecule has 0 fully saturated rings. The van der Waals surface area contributed by atoms with Crippen molar-refractivity contribution in [3.8, 4) is 0 Å². The third-order valence-electron chi connectivity index (χ3n) is 4.29. The van der Waals surface area contributed by atoms with Gasteiger partial charge in [-0.15, -0.1) is 0 Å². The van der Waals surface area contributed by atoms with Crippen molar-refractivity contribution < 1.29 is 4.79 Å². The molecule has 138 valence electrons. The van der Waals surface area contributed by atoms with Crippen LogP contribution in [0.3, 0.4) is 0 Å². The fourth-order valence-electron chi connectivity index (χ4n) is 3.07. The van der Waals surface area contributed by atoms with E-state index in [1.165, 1.54) is 0 Å². The van der Waals surface area contributed by atoms with E-state index in [0.29, 0.717) is 21.6 Å². The summed E-state index contributed by atoms with van der Waals surface area (Å²) in [5.41, 5.74) is 7.16. The lowest BCUT2D eigenvalue weighted by atomic mass is 9.87. The largest absolute Gasteiger partial charge is 0.380 e. The summed E-state index contributed by atoms with van der Waals surface area (Å²) in [6, 6.07) is 6.58. The maximum absolute atomic E-state index is 13.1. The fraction of sp³-hybridized carbons (Fsp3) is 0.188. The molecule has 8 nitrogen and oxygen atoms in total. The van der Waals surface area contributed by atoms with Gasteiger partial charge < -0.3 is 11.1 Å². The zero-order valence-electron chi connectivity index (χ0n) is 13.9. The van der Waals surface area contributed by atoms with Crippen LogP contribution in [-0.4, -0.2) is 30.1 Å². The lowest BCUT2D eigenvalue weighted by Crippen LogP contribution is -2.39. The quantitative estimate of drug-likeness (QED) is 0.670. The molecular weight excluding hydrogens is 409 g/mol. The van der Waals surface area contributed by atoms with E-state index in [-0.39, 0.29) is 17.5 Å². The second-order valence-electron chi connectivity index (χ2n) is 5.97. The van der Waals surface area contributed by atoms with Gasteiger partial charge in [-0.05, 0) is 24.6 Å². The Bertz CT molecular complexity index is 1060. The number of aromatic nitrogens is 4. The first-order chi connectivity index (χ1) is 13.0. The molecule has 2 atom stereocenters. The van der Waals surface area contributed by atoms with Gasteiger partial charge in [0.1, 0.15) is 5.92 Å². The molecule has 0 aliphatic carbocycles. The third-order valence-corrected chi connectivity index (χ3v) is 5.57. The molecule has 0 radical (unpaired) electrons. The zero-order valence-corrected chi connectivity index (χ0v) is 16.3. The molecule has 27 heavy (non-hydrogen) atoms. The van der Waals surface area contributed by atoms with Crippen molar-refractivity contribution >= 4 is 64.0 Å². The van der Waals surface area contributed by atoms with Gasteiger partial charge in [0, 0.05) is 11.8 Å². The Morgan fingerprint density at radius 2 is 2.07 bits per heavy atom. The SMILES string of the molecule is CC1=Nc2ccnn2C(c2ccc(Cl)c(Cl)c2)C1C(=O)Nc1nsnc1N. The van der Waals surface area contributed by atoms with E-state index in [1.807, 2.05) is 6.07 Å². The van der Waals surface area contributed by atoms with E-state index in [1.54, 1.807) is 36.0 Å². The van der Waals surface area contributed by atoms with Gasteiger partial charge in [0.25, 0.3) is 0 Å². The molecule has 1 aliphatic rings. The van der Waals surface area contributed by atoms with Crippen LogP contribution in [-0.2, 0) is 4.79 Å². The minimum absolute atomic E-state index is 0.171. The van der Waals surface area contributed by atoms with Gasteiger partial charge in [-0.1, -0.05) is 29.3 Å². The number of aliphatic imine (C=N–C) groups is 1. The molecule has 0 saturated carbocycles. The van der Waals surface area contributed by atoms with Gasteiger partial charge in [-0.25, -0.2) is 9.67 Å². The van der Waals surface area contributed by atoms with E-state index in [2.05, 4.69) is 24.2 Å². The number of nitrogens with one attached hydrogen (secondary N) is 1. The van der Waals surface area contributed by atoms with Crippen molar-refractivity contribution in [1.29, 1.82) is 0 Å². The van der Waals surface area contributed by atoms with E-state index in [4.69, 9.17) is 28.9 Å². The van der Waals surface area contributed by atoms with Crippen LogP contribution in [0.25, 0.3) is 0 Å². The Balaban J connectivity index is 1.78. The van der Waals surface area contributed by atoms with Crippen LogP contribution in [0.5, 0.6) is 0 Å². The highest BCUT2D eigenvalue weighted by atomic mass is 35.5. The summed E-state index contributed by atoms with van der Waals surface area (Å²) in [5, 5.41) is 7.92. The summed E-state index contributed by atoms with van der Waals surface area (Å²) >= 11 is 13.2. The fourth-order valence-corrected chi connectivity index (χ4v) is 3.81. The zero-order chi connectivity index (χ0) is 19.1. The number of nitrogen functional groups attached to an aromatic ring is 1. The highest BCUT2D eigenvalue weighted by Crippen LogP contribution is 2.38. The molecule has 0 spiro atoms. The number of carbonyl (C=O) groups excluding carboxylic acids is 1. The second kappa shape index (κ2) is 6.91. The Kier molecular flexibility index (Phi) is 4.58. The van der Waals surface area contributed by atoms with Crippen molar-refractivity contribution in [3.05, 3.63) is 46.1 Å². The van der Waals surface area contributed by atoms with Crippen LogP contribution in [0.15, 0.2) is 35.5 Å².